The third kappa shape index (κ3) is 10.3. The number of furan rings is 1. The summed E-state index contributed by atoms with van der Waals surface area (Å²) in [6.45, 7) is 9.57. The molecule has 7 aliphatic carbocycles. The van der Waals surface area contributed by atoms with Gasteiger partial charge in [-0.25, -0.2) is 49.8 Å². The molecule has 7 fully saturated rings. The number of aliphatic hydroxyl groups is 6. The fraction of sp³-hybridized carbons (Fsp3) is 0.446. The predicted molar refractivity (Wildman–Crippen MR) is 340 cm³/mol. The van der Waals surface area contributed by atoms with E-state index in [0.717, 1.165) is 17.7 Å². The van der Waals surface area contributed by atoms with Crippen molar-refractivity contribution in [1.82, 2.24) is 68.5 Å². The molecule has 9 aromatic heterocycles. The molecule has 0 amide bonds. The van der Waals surface area contributed by atoms with E-state index in [1.165, 1.54) is 38.5 Å². The van der Waals surface area contributed by atoms with Crippen LogP contribution in [0, 0.1) is 69.5 Å². The van der Waals surface area contributed by atoms with Crippen LogP contribution in [0.2, 0.25) is 4.34 Å². The van der Waals surface area contributed by atoms with Crippen LogP contribution in [-0.4, -0.2) is 172 Å². The van der Waals surface area contributed by atoms with Gasteiger partial charge in [0.1, 0.15) is 41.4 Å². The number of aliphatic hydroxyl groups excluding tert-OH is 6. The predicted octanol–water partition coefficient (Wildman–Crippen LogP) is 4.22. The second kappa shape index (κ2) is 24.0. The van der Waals surface area contributed by atoms with Crippen molar-refractivity contribution in [3.63, 3.8) is 0 Å². The van der Waals surface area contributed by atoms with Crippen LogP contribution < -0.4 is 16.0 Å². The monoisotopic (exact) mass is 1310 g/mol. The van der Waals surface area contributed by atoms with Crippen LogP contribution in [0.3, 0.4) is 0 Å². The minimum absolute atomic E-state index is 0.0899. The lowest BCUT2D eigenvalue weighted by Gasteiger charge is -2.27. The highest BCUT2D eigenvalue weighted by Crippen LogP contribution is 2.70. The maximum absolute atomic E-state index is 12.3. The minimum Gasteiger partial charge on any atom is -0.456 e. The second-order valence-electron chi connectivity index (χ2n) is 24.9. The summed E-state index contributed by atoms with van der Waals surface area (Å²) in [5.41, 5.74) is 1.04. The third-order valence-corrected chi connectivity index (χ3v) is 21.0. The number of carbonyl (C=O) groups is 3. The Balaban J connectivity index is 0.000000122. The summed E-state index contributed by atoms with van der Waals surface area (Å²) in [6, 6.07) is 5.97. The molecule has 0 saturated heterocycles. The number of fused-ring (bicyclic) bond motifs is 6. The maximum atomic E-state index is 12.3. The van der Waals surface area contributed by atoms with Crippen LogP contribution in [0.25, 0.3) is 33.5 Å². The summed E-state index contributed by atoms with van der Waals surface area (Å²) in [6.07, 6.45) is 9.38. The number of hydrogen-bond donors (Lipinski definition) is 9. The summed E-state index contributed by atoms with van der Waals surface area (Å²) < 4.78 is 11.2. The number of hydrogen-bond acceptors (Lipinski definition) is 25. The zero-order valence-electron chi connectivity index (χ0n) is 51.4. The molecule has 6 unspecified atom stereocenters. The Morgan fingerprint density at radius 2 is 1.05 bits per heavy atom. The molecule has 27 nitrogen and oxygen atoms in total. The van der Waals surface area contributed by atoms with E-state index >= 15 is 0 Å². The number of nitrogens with zero attached hydrogens (tertiary/aromatic N) is 14. The zero-order valence-corrected chi connectivity index (χ0v) is 52.9. The van der Waals surface area contributed by atoms with Gasteiger partial charge in [-0.3, -0.25) is 19.4 Å². The second-order valence-corrected chi connectivity index (χ2v) is 26.6. The van der Waals surface area contributed by atoms with Crippen molar-refractivity contribution < 1.29 is 49.4 Å². The quantitative estimate of drug-likeness (QED) is 0.0773. The van der Waals surface area contributed by atoms with Gasteiger partial charge in [0.15, 0.2) is 56.7 Å². The Morgan fingerprint density at radius 1 is 0.596 bits per heavy atom. The third-order valence-electron chi connectivity index (χ3n) is 19.9. The molecule has 29 heteroatoms. The molecular weight excluding hydrogens is 1250 g/mol. The van der Waals surface area contributed by atoms with Crippen LogP contribution in [0.5, 0.6) is 0 Å². The van der Waals surface area contributed by atoms with Crippen LogP contribution in [0.1, 0.15) is 125 Å². The van der Waals surface area contributed by atoms with Gasteiger partial charge in [0.25, 0.3) is 0 Å². The maximum Gasteiger partial charge on any atom is 0.209 e. The SMILES string of the molecule is CC(=O)[C@@]12CC1[C@@H](n1cnc3c(NC4CCC4)nc(C#Cc4ccco4)nc31)[C@H](O)C2O.CCNc1nc(C#Cc2ccc(Cl)s2)nc2c1ncn2[C@@H]1C2C[C@@]2(C(C)=O)C(O)[C@H]1O.CCNc1nc(C#Cc2cnccn2)nc2c1ncn2[C@@H]1C2C[C@@]2(C(C)=O)C(O)[C@H]1O. The number of Topliss-reactive ketones (excluding diaryl/α,β-unsaturated/α-hetero) is 3. The van der Waals surface area contributed by atoms with Crippen LogP contribution in [0.15, 0.2) is 72.5 Å². The van der Waals surface area contributed by atoms with Gasteiger partial charge < -0.3 is 64.7 Å². The van der Waals surface area contributed by atoms with Crippen molar-refractivity contribution in [3.05, 3.63) is 106 Å². The number of thiophene rings is 1. The van der Waals surface area contributed by atoms with Gasteiger partial charge in [0, 0.05) is 31.5 Å². The number of nitrogens with one attached hydrogen (secondary N) is 3. The lowest BCUT2D eigenvalue weighted by molar-refractivity contribution is -0.128. The summed E-state index contributed by atoms with van der Waals surface area (Å²) in [7, 11) is 0. The van der Waals surface area contributed by atoms with Crippen molar-refractivity contribution in [2.75, 3.05) is 29.0 Å². The van der Waals surface area contributed by atoms with Crippen LogP contribution in [0.4, 0.5) is 17.5 Å². The normalized spacial score (nSPS) is 29.5. The number of carbonyl (C=O) groups excluding carboxylic acids is 3. The smallest absolute Gasteiger partial charge is 0.209 e. The fourth-order valence-electron chi connectivity index (χ4n) is 14.8. The molecule has 15 atom stereocenters. The van der Waals surface area contributed by atoms with Gasteiger partial charge in [-0.1, -0.05) is 11.6 Å². The molecule has 0 spiro atoms. The minimum atomic E-state index is -1.11. The van der Waals surface area contributed by atoms with E-state index in [9.17, 15) is 45.0 Å². The molecule has 7 aliphatic rings. The van der Waals surface area contributed by atoms with Crippen LogP contribution >= 0.6 is 22.9 Å². The number of ketones is 3. The van der Waals surface area contributed by atoms with Crippen molar-refractivity contribution in [3.8, 4) is 35.5 Å². The first-order valence-corrected chi connectivity index (χ1v) is 32.2. The highest BCUT2D eigenvalue weighted by atomic mass is 35.5. The fourth-order valence-corrected chi connectivity index (χ4v) is 15.7. The van der Waals surface area contributed by atoms with Gasteiger partial charge in [-0.05, 0) is 151 Å². The van der Waals surface area contributed by atoms with E-state index < -0.39 is 71.0 Å². The molecule has 9 N–H and O–H groups in total. The van der Waals surface area contributed by atoms with Gasteiger partial charge in [-0.15, -0.1) is 11.3 Å². The van der Waals surface area contributed by atoms with E-state index in [-0.39, 0.29) is 40.9 Å². The first-order chi connectivity index (χ1) is 45.3. The number of aromatic nitrogens is 14. The number of halogens is 1. The Kier molecular flexibility index (Phi) is 15.9. The van der Waals surface area contributed by atoms with Crippen molar-refractivity contribution in [1.29, 1.82) is 0 Å². The highest BCUT2D eigenvalue weighted by Gasteiger charge is 2.76. The molecule has 16 rings (SSSR count). The molecule has 0 bridgehead atoms. The topological polar surface area (TPSA) is 378 Å². The number of imidazole rings is 3. The molecule has 94 heavy (non-hydrogen) atoms. The van der Waals surface area contributed by atoms with Gasteiger partial charge >= 0.3 is 0 Å². The van der Waals surface area contributed by atoms with E-state index in [4.69, 9.17) is 16.0 Å². The summed E-state index contributed by atoms with van der Waals surface area (Å²) >= 11 is 7.34. The number of rotatable bonds is 12. The molecule has 482 valence electrons. The molecule has 9 heterocycles. The first-order valence-electron chi connectivity index (χ1n) is 31.0. The Morgan fingerprint density at radius 3 is 1.44 bits per heavy atom. The summed E-state index contributed by atoms with van der Waals surface area (Å²) in [5, 5.41) is 73.9. The van der Waals surface area contributed by atoms with E-state index in [1.54, 1.807) is 75.7 Å². The lowest BCUT2D eigenvalue weighted by Crippen LogP contribution is -2.36. The van der Waals surface area contributed by atoms with E-state index in [1.807, 2.05) is 19.9 Å². The molecule has 9 aromatic rings. The van der Waals surface area contributed by atoms with Crippen molar-refractivity contribution in [2.45, 2.75) is 134 Å². The zero-order chi connectivity index (χ0) is 65.7. The molecule has 0 aliphatic heterocycles. The van der Waals surface area contributed by atoms with E-state index in [2.05, 4.69) is 106 Å². The van der Waals surface area contributed by atoms with Gasteiger partial charge in [0.2, 0.25) is 17.5 Å². The first kappa shape index (κ1) is 62.3. The van der Waals surface area contributed by atoms with Gasteiger partial charge in [-0.2, -0.15) is 0 Å². The Bertz CT molecular complexity index is 4690. The Labute approximate surface area is 545 Å². The lowest BCUT2D eigenvalue weighted by atomic mass is 9.93. The molecular formula is C65H64ClN17O10S. The highest BCUT2D eigenvalue weighted by molar-refractivity contribution is 7.16. The largest absolute Gasteiger partial charge is 0.456 e. The Hall–Kier alpha value is -9.15. The van der Waals surface area contributed by atoms with Crippen LogP contribution in [-0.2, 0) is 14.4 Å². The molecule has 0 aromatic carbocycles. The standard InChI is InChI=1S/C23H23N5O4.C21H20ClN5O3S.C21H21N7O3/c1-12(29)23-10-15(23)18(19(30)20(23)31)28-11-24-17-21(25-13-4-2-5-13)26-16(27-22(17)28)8-7-14-6-3-9-32-14;1-3-23-19-15-20(26-14(25-19)7-5-11-4-6-13(22)31-11)27(9-24-15)16-12-8-21(12,10(2)28)18(30)17(16)29;1-3-23-19-15-20(27-14(26-19)5-4-12-9-22-6-7-24-12)28(10-25-15)16-13-8-21(13,11(2)29)18(31)17(16)30/h3,6,9,11,13,15,18-20,30-31H,2,4-5,10H2,1H3,(H,25,26,27);4,6,9,12,16-18,29-30H,3,8H2,1-2H3,(H,23,25,26);6-7,9-10,13,16-18,30-31H,3,8H2,1-2H3,(H,23,26,27)/t15?,18-,19+,20?,23+;12?,16-,17+,18?,21+;13?,16-,17+,18?,21+/m111/s1. The van der Waals surface area contributed by atoms with Crippen molar-refractivity contribution >= 4 is 91.2 Å². The average Bonchev–Trinajstić information content (AvgIpc) is 1.53. The molecule has 0 radical (unpaired) electrons. The summed E-state index contributed by atoms with van der Waals surface area (Å²) in [4.78, 5) is 86.3. The van der Waals surface area contributed by atoms with Gasteiger partial charge in [0.05, 0.1) is 93.3 Å². The average molecular weight is 1310 g/mol. The number of anilines is 3. The molecule has 7 saturated carbocycles. The summed E-state index contributed by atoms with van der Waals surface area (Å²) in [5.74, 6) is 19.9. The van der Waals surface area contributed by atoms with E-state index in [0.29, 0.717) is 117 Å². The van der Waals surface area contributed by atoms with Crippen molar-refractivity contribution in [2.24, 2.45) is 34.0 Å².